The average molecular weight is 255 g/mol. The van der Waals surface area contributed by atoms with Gasteiger partial charge in [-0.25, -0.2) is 0 Å². The fraction of sp³-hybridized carbons (Fsp3) is 0.800. The first-order chi connectivity index (χ1) is 8.64. The molecule has 0 spiro atoms. The van der Waals surface area contributed by atoms with Crippen LogP contribution in [-0.4, -0.2) is 4.98 Å². The minimum absolute atomic E-state index is 0.190. The molecule has 0 saturated heterocycles. The molecule has 1 aromatic heterocycles. The van der Waals surface area contributed by atoms with E-state index in [0.717, 1.165) is 32.1 Å². The Morgan fingerprint density at radius 1 is 1.11 bits per heavy atom. The molecule has 0 bridgehead atoms. The normalized spacial score (nSPS) is 14.7. The van der Waals surface area contributed by atoms with E-state index in [9.17, 15) is 4.39 Å². The lowest BCUT2D eigenvalue weighted by Gasteiger charge is -2.27. The minimum atomic E-state index is -0.427. The Kier molecular flexibility index (Phi) is 6.37. The molecule has 1 atom stereocenters. The fourth-order valence-electron chi connectivity index (χ4n) is 2.48. The highest BCUT2D eigenvalue weighted by Gasteiger charge is 2.32. The second-order valence-electron chi connectivity index (χ2n) is 5.45. The Morgan fingerprint density at radius 3 is 2.33 bits per heavy atom. The van der Waals surface area contributed by atoms with E-state index in [1.54, 1.807) is 0 Å². The average Bonchev–Trinajstić information content (AvgIpc) is 2.79. The summed E-state index contributed by atoms with van der Waals surface area (Å²) in [7, 11) is 0. The van der Waals surface area contributed by atoms with Crippen LogP contribution in [0, 0.1) is 5.95 Å². The largest absolute Gasteiger partial charge is 0.445 e. The van der Waals surface area contributed by atoms with E-state index in [1.807, 2.05) is 0 Å². The number of hydrogen-bond donors (Lipinski definition) is 0. The maximum absolute atomic E-state index is 13.6. The van der Waals surface area contributed by atoms with Crippen LogP contribution in [0.2, 0.25) is 0 Å². The third kappa shape index (κ3) is 4.11. The van der Waals surface area contributed by atoms with E-state index in [0.29, 0.717) is 5.76 Å². The highest BCUT2D eigenvalue weighted by atomic mass is 19.1. The number of nitrogens with zero attached hydrogens (tertiary/aromatic N) is 1. The van der Waals surface area contributed by atoms with Crippen LogP contribution in [0.5, 0.6) is 0 Å². The van der Waals surface area contributed by atoms with Gasteiger partial charge in [-0.2, -0.15) is 9.37 Å². The number of hydrogen-bond acceptors (Lipinski definition) is 2. The van der Waals surface area contributed by atoms with Gasteiger partial charge < -0.3 is 4.42 Å². The van der Waals surface area contributed by atoms with Crippen LogP contribution < -0.4 is 0 Å². The molecule has 0 aliphatic carbocycles. The molecule has 0 aliphatic rings. The molecule has 0 aromatic carbocycles. The van der Waals surface area contributed by atoms with E-state index < -0.39 is 5.95 Å². The summed E-state index contributed by atoms with van der Waals surface area (Å²) >= 11 is 0. The molecule has 0 N–H and O–H groups in total. The van der Waals surface area contributed by atoms with Crippen molar-refractivity contribution >= 4 is 0 Å². The molecular formula is C15H26FNO. The predicted molar refractivity (Wildman–Crippen MR) is 72.1 cm³/mol. The second-order valence-corrected chi connectivity index (χ2v) is 5.45. The van der Waals surface area contributed by atoms with Crippen molar-refractivity contribution < 1.29 is 8.81 Å². The molecule has 1 rings (SSSR count). The molecule has 0 radical (unpaired) electrons. The van der Waals surface area contributed by atoms with Crippen LogP contribution in [-0.2, 0) is 5.41 Å². The Labute approximate surface area is 110 Å². The van der Waals surface area contributed by atoms with Gasteiger partial charge in [-0.15, -0.1) is 0 Å². The Bertz CT molecular complexity index is 337. The highest BCUT2D eigenvalue weighted by Crippen LogP contribution is 2.36. The number of rotatable bonds is 9. The molecule has 1 unspecified atom stereocenters. The maximum Gasteiger partial charge on any atom is 0.254 e. The molecule has 2 nitrogen and oxygen atoms in total. The number of aromatic nitrogens is 1. The zero-order chi connectivity index (χ0) is 13.4. The Hall–Kier alpha value is -0.860. The molecule has 104 valence electrons. The monoisotopic (exact) mass is 255 g/mol. The van der Waals surface area contributed by atoms with Crippen LogP contribution in [0.3, 0.4) is 0 Å². The van der Waals surface area contributed by atoms with E-state index in [-0.39, 0.29) is 5.41 Å². The van der Waals surface area contributed by atoms with Crippen molar-refractivity contribution in [3.05, 3.63) is 18.1 Å². The first-order valence-corrected chi connectivity index (χ1v) is 7.23. The SMILES string of the molecule is CCCCCCC(C)(CCCC)c1ocnc1F. The lowest BCUT2D eigenvalue weighted by molar-refractivity contribution is 0.286. The molecule has 18 heavy (non-hydrogen) atoms. The summed E-state index contributed by atoms with van der Waals surface area (Å²) in [5.74, 6) is 0.0246. The van der Waals surface area contributed by atoms with E-state index in [4.69, 9.17) is 4.42 Å². The molecule has 0 amide bonds. The molecule has 1 aromatic rings. The van der Waals surface area contributed by atoms with Crippen LogP contribution in [0.15, 0.2) is 10.8 Å². The van der Waals surface area contributed by atoms with Gasteiger partial charge in [-0.1, -0.05) is 59.3 Å². The quantitative estimate of drug-likeness (QED) is 0.564. The van der Waals surface area contributed by atoms with Crippen LogP contribution in [0.4, 0.5) is 4.39 Å². The predicted octanol–water partition coefficient (Wildman–Crippen LogP) is 5.23. The first-order valence-electron chi connectivity index (χ1n) is 7.23. The minimum Gasteiger partial charge on any atom is -0.445 e. The summed E-state index contributed by atoms with van der Waals surface area (Å²) in [6, 6.07) is 0. The van der Waals surface area contributed by atoms with Crippen molar-refractivity contribution in [3.8, 4) is 0 Å². The zero-order valence-corrected chi connectivity index (χ0v) is 12.0. The van der Waals surface area contributed by atoms with Gasteiger partial charge >= 0.3 is 0 Å². The second kappa shape index (κ2) is 7.55. The molecule has 0 aliphatic heterocycles. The van der Waals surface area contributed by atoms with Gasteiger partial charge in [0.1, 0.15) is 0 Å². The third-order valence-corrected chi connectivity index (χ3v) is 3.74. The van der Waals surface area contributed by atoms with Crippen molar-refractivity contribution in [1.82, 2.24) is 4.98 Å². The van der Waals surface area contributed by atoms with E-state index in [2.05, 4.69) is 25.8 Å². The lowest BCUT2D eigenvalue weighted by Crippen LogP contribution is -2.22. The van der Waals surface area contributed by atoms with Gasteiger partial charge in [0, 0.05) is 5.41 Å². The first kappa shape index (κ1) is 15.2. The van der Waals surface area contributed by atoms with Gasteiger partial charge in [0.2, 0.25) is 0 Å². The molecule has 0 saturated carbocycles. The molecular weight excluding hydrogens is 229 g/mol. The highest BCUT2D eigenvalue weighted by molar-refractivity contribution is 5.09. The standard InChI is InChI=1S/C15H26FNO/c1-4-6-8-9-11-15(3,10-7-5-2)13-14(16)17-12-18-13/h12H,4-11H2,1-3H3. The van der Waals surface area contributed by atoms with Crippen molar-refractivity contribution in [1.29, 1.82) is 0 Å². The summed E-state index contributed by atoms with van der Waals surface area (Å²) in [6.45, 7) is 6.47. The number of oxazole rings is 1. The molecule has 1 heterocycles. The lowest BCUT2D eigenvalue weighted by atomic mass is 9.78. The Morgan fingerprint density at radius 2 is 1.78 bits per heavy atom. The van der Waals surface area contributed by atoms with Crippen LogP contribution in [0.25, 0.3) is 0 Å². The van der Waals surface area contributed by atoms with Gasteiger partial charge in [0.15, 0.2) is 12.2 Å². The van der Waals surface area contributed by atoms with Gasteiger partial charge in [-0.05, 0) is 12.8 Å². The van der Waals surface area contributed by atoms with Crippen LogP contribution in [0.1, 0.15) is 77.9 Å². The number of unbranched alkanes of at least 4 members (excludes halogenated alkanes) is 4. The maximum atomic E-state index is 13.6. The Balaban J connectivity index is 2.66. The zero-order valence-electron chi connectivity index (χ0n) is 12.0. The molecule has 3 heteroatoms. The van der Waals surface area contributed by atoms with E-state index in [1.165, 1.54) is 25.7 Å². The summed E-state index contributed by atoms with van der Waals surface area (Å²) < 4.78 is 18.9. The fourth-order valence-corrected chi connectivity index (χ4v) is 2.48. The van der Waals surface area contributed by atoms with Crippen LogP contribution >= 0.6 is 0 Å². The smallest absolute Gasteiger partial charge is 0.254 e. The molecule has 0 fully saturated rings. The van der Waals surface area contributed by atoms with Gasteiger partial charge in [0.05, 0.1) is 0 Å². The topological polar surface area (TPSA) is 26.0 Å². The summed E-state index contributed by atoms with van der Waals surface area (Å²) in [6.07, 6.45) is 10.2. The summed E-state index contributed by atoms with van der Waals surface area (Å²) in [5.41, 5.74) is -0.190. The van der Waals surface area contributed by atoms with Crippen molar-refractivity contribution in [2.75, 3.05) is 0 Å². The van der Waals surface area contributed by atoms with Crippen molar-refractivity contribution in [3.63, 3.8) is 0 Å². The third-order valence-electron chi connectivity index (χ3n) is 3.74. The number of halogens is 1. The van der Waals surface area contributed by atoms with Gasteiger partial charge in [0.25, 0.3) is 5.95 Å². The van der Waals surface area contributed by atoms with Crippen molar-refractivity contribution in [2.45, 2.75) is 77.6 Å². The summed E-state index contributed by atoms with van der Waals surface area (Å²) in [4.78, 5) is 3.60. The van der Waals surface area contributed by atoms with Crippen molar-refractivity contribution in [2.24, 2.45) is 0 Å². The van der Waals surface area contributed by atoms with Gasteiger partial charge in [-0.3, -0.25) is 0 Å². The van der Waals surface area contributed by atoms with E-state index >= 15 is 0 Å². The summed E-state index contributed by atoms with van der Waals surface area (Å²) in [5, 5.41) is 0.